The topological polar surface area (TPSA) is 75.6 Å². The number of rotatable bonds is 5. The molecular weight excluding hydrogens is 342 g/mol. The number of halogens is 1. The highest BCUT2D eigenvalue weighted by molar-refractivity contribution is 6.33. The van der Waals surface area contributed by atoms with Gasteiger partial charge in [-0.25, -0.2) is 0 Å². The molecule has 1 amide bonds. The molecule has 0 saturated heterocycles. The molecule has 6 heteroatoms. The van der Waals surface area contributed by atoms with Crippen molar-refractivity contribution in [3.63, 3.8) is 0 Å². The van der Waals surface area contributed by atoms with Crippen molar-refractivity contribution in [2.75, 3.05) is 12.4 Å². The van der Waals surface area contributed by atoms with Crippen LogP contribution in [0.1, 0.15) is 17.5 Å². The zero-order valence-electron chi connectivity index (χ0n) is 13.5. The van der Waals surface area contributed by atoms with Crippen LogP contribution in [0.25, 0.3) is 6.08 Å². The molecule has 5 nitrogen and oxygen atoms in total. The summed E-state index contributed by atoms with van der Waals surface area (Å²) in [4.78, 5) is 24.5. The quantitative estimate of drug-likeness (QED) is 0.806. The van der Waals surface area contributed by atoms with Crippen molar-refractivity contribution in [2.45, 2.75) is 12.0 Å². The van der Waals surface area contributed by atoms with E-state index in [-0.39, 0.29) is 10.6 Å². The third-order valence-corrected chi connectivity index (χ3v) is 4.38. The highest BCUT2D eigenvalue weighted by Gasteiger charge is 2.47. The Balaban J connectivity index is 1.84. The van der Waals surface area contributed by atoms with Gasteiger partial charge in [-0.15, -0.1) is 0 Å². The van der Waals surface area contributed by atoms with E-state index in [4.69, 9.17) is 16.3 Å². The number of methoxy groups -OCH3 is 1. The Morgan fingerprint density at radius 1 is 1.28 bits per heavy atom. The predicted octanol–water partition coefficient (Wildman–Crippen LogP) is 3.16. The number of aliphatic hydroxyl groups is 1. The highest BCUT2D eigenvalue weighted by atomic mass is 35.5. The Morgan fingerprint density at radius 3 is 2.80 bits per heavy atom. The number of hydrogen-bond acceptors (Lipinski definition) is 4. The van der Waals surface area contributed by atoms with Crippen molar-refractivity contribution < 1.29 is 19.4 Å². The number of ketones is 1. The molecule has 1 aliphatic rings. The van der Waals surface area contributed by atoms with Crippen molar-refractivity contribution in [3.05, 3.63) is 64.7 Å². The minimum absolute atomic E-state index is 0.236. The predicted molar refractivity (Wildman–Crippen MR) is 95.6 cm³/mol. The second-order valence-corrected chi connectivity index (χ2v) is 6.10. The molecule has 0 fully saturated rings. The van der Waals surface area contributed by atoms with E-state index in [1.54, 1.807) is 43.5 Å². The SMILES string of the molecule is COc1ccccc1/C=C/C(=O)C[C@@]1(O)C(=O)Nc2cccc(Cl)c21. The Morgan fingerprint density at radius 2 is 2.04 bits per heavy atom. The average Bonchev–Trinajstić information content (AvgIpc) is 2.84. The fourth-order valence-electron chi connectivity index (χ4n) is 2.85. The fraction of sp³-hybridized carbons (Fsp3) is 0.158. The monoisotopic (exact) mass is 357 g/mol. The van der Waals surface area contributed by atoms with Crippen LogP contribution >= 0.6 is 11.6 Å². The van der Waals surface area contributed by atoms with Gasteiger partial charge in [-0.3, -0.25) is 9.59 Å². The average molecular weight is 358 g/mol. The zero-order chi connectivity index (χ0) is 18.0. The molecule has 0 aromatic heterocycles. The van der Waals surface area contributed by atoms with Crippen LogP contribution in [-0.2, 0) is 15.2 Å². The van der Waals surface area contributed by atoms with Gasteiger partial charge in [-0.1, -0.05) is 35.9 Å². The van der Waals surface area contributed by atoms with Crippen molar-refractivity contribution in [1.29, 1.82) is 0 Å². The van der Waals surface area contributed by atoms with E-state index in [0.717, 1.165) is 5.56 Å². The van der Waals surface area contributed by atoms with Crippen LogP contribution in [0.4, 0.5) is 5.69 Å². The van der Waals surface area contributed by atoms with E-state index >= 15 is 0 Å². The number of carbonyl (C=O) groups is 2. The second-order valence-electron chi connectivity index (χ2n) is 5.70. The first-order valence-electron chi connectivity index (χ1n) is 7.62. The number of allylic oxidation sites excluding steroid dienone is 1. The fourth-order valence-corrected chi connectivity index (χ4v) is 3.19. The minimum Gasteiger partial charge on any atom is -0.496 e. The van der Waals surface area contributed by atoms with Gasteiger partial charge in [-0.2, -0.15) is 0 Å². The molecule has 2 aromatic rings. The van der Waals surface area contributed by atoms with Gasteiger partial charge in [0.1, 0.15) is 5.75 Å². The molecule has 0 spiro atoms. The minimum atomic E-state index is -1.98. The lowest BCUT2D eigenvalue weighted by molar-refractivity contribution is -0.138. The van der Waals surface area contributed by atoms with Gasteiger partial charge in [0.15, 0.2) is 11.4 Å². The Bertz CT molecular complexity index is 877. The molecule has 1 heterocycles. The van der Waals surface area contributed by atoms with Crippen LogP contribution in [0.5, 0.6) is 5.75 Å². The Hall–Kier alpha value is -2.63. The Labute approximate surface area is 149 Å². The molecule has 128 valence electrons. The number of carbonyl (C=O) groups excluding carboxylic acids is 2. The van der Waals surface area contributed by atoms with E-state index < -0.39 is 23.7 Å². The number of hydrogen-bond donors (Lipinski definition) is 2. The highest BCUT2D eigenvalue weighted by Crippen LogP contribution is 2.42. The lowest BCUT2D eigenvalue weighted by Gasteiger charge is -2.20. The summed E-state index contributed by atoms with van der Waals surface area (Å²) in [5.74, 6) is -0.441. The zero-order valence-corrected chi connectivity index (χ0v) is 14.2. The third-order valence-electron chi connectivity index (χ3n) is 4.07. The van der Waals surface area contributed by atoms with E-state index in [1.807, 2.05) is 12.1 Å². The molecule has 0 bridgehead atoms. The first-order valence-corrected chi connectivity index (χ1v) is 8.00. The van der Waals surface area contributed by atoms with Crippen LogP contribution in [0.15, 0.2) is 48.5 Å². The van der Waals surface area contributed by atoms with Gasteiger partial charge < -0.3 is 15.2 Å². The van der Waals surface area contributed by atoms with Gasteiger partial charge >= 0.3 is 0 Å². The molecule has 3 rings (SSSR count). The molecule has 1 atom stereocenters. The van der Waals surface area contributed by atoms with Crippen molar-refractivity contribution in [1.82, 2.24) is 0 Å². The maximum atomic E-state index is 12.3. The van der Waals surface area contributed by atoms with Gasteiger partial charge in [0.25, 0.3) is 5.91 Å². The summed E-state index contributed by atoms with van der Waals surface area (Å²) < 4.78 is 5.22. The largest absolute Gasteiger partial charge is 0.496 e. The number of anilines is 1. The smallest absolute Gasteiger partial charge is 0.261 e. The summed E-state index contributed by atoms with van der Waals surface area (Å²) in [6, 6.07) is 12.1. The number of para-hydroxylation sites is 1. The van der Waals surface area contributed by atoms with Crippen LogP contribution < -0.4 is 10.1 Å². The van der Waals surface area contributed by atoms with Gasteiger partial charge in [0.05, 0.1) is 13.5 Å². The van der Waals surface area contributed by atoms with Gasteiger partial charge in [0, 0.05) is 21.8 Å². The summed E-state index contributed by atoms with van der Waals surface area (Å²) in [7, 11) is 1.54. The summed E-state index contributed by atoms with van der Waals surface area (Å²) in [6.07, 6.45) is 2.50. The molecule has 0 saturated carbocycles. The molecule has 0 radical (unpaired) electrons. The first kappa shape index (κ1) is 17.2. The number of nitrogens with one attached hydrogen (secondary N) is 1. The van der Waals surface area contributed by atoms with Gasteiger partial charge in [-0.05, 0) is 30.4 Å². The van der Waals surface area contributed by atoms with Crippen molar-refractivity contribution in [3.8, 4) is 5.75 Å². The normalized spacial score (nSPS) is 18.9. The maximum Gasteiger partial charge on any atom is 0.261 e. The van der Waals surface area contributed by atoms with E-state index in [9.17, 15) is 14.7 Å². The van der Waals surface area contributed by atoms with Crippen LogP contribution in [0.3, 0.4) is 0 Å². The molecule has 0 unspecified atom stereocenters. The number of ether oxygens (including phenoxy) is 1. The molecule has 0 aliphatic carbocycles. The van der Waals surface area contributed by atoms with E-state index in [2.05, 4.69) is 5.32 Å². The number of amides is 1. The first-order chi connectivity index (χ1) is 12.0. The van der Waals surface area contributed by atoms with Crippen LogP contribution in [-0.4, -0.2) is 23.9 Å². The lowest BCUT2D eigenvalue weighted by Crippen LogP contribution is -2.36. The van der Waals surface area contributed by atoms with E-state index in [0.29, 0.717) is 11.4 Å². The van der Waals surface area contributed by atoms with Gasteiger partial charge in [0.2, 0.25) is 0 Å². The number of fused-ring (bicyclic) bond motifs is 1. The summed E-state index contributed by atoms with van der Waals surface area (Å²) >= 11 is 6.12. The molecule has 1 aliphatic heterocycles. The molecule has 2 N–H and O–H groups in total. The molecular formula is C19H16ClNO4. The van der Waals surface area contributed by atoms with Crippen molar-refractivity contribution >= 4 is 35.1 Å². The summed E-state index contributed by atoms with van der Waals surface area (Å²) in [5.41, 5.74) is -0.600. The van der Waals surface area contributed by atoms with Crippen LogP contribution in [0, 0.1) is 0 Å². The summed E-state index contributed by atoms with van der Waals surface area (Å²) in [6.45, 7) is 0. The molecule has 25 heavy (non-hydrogen) atoms. The Kier molecular flexibility index (Phi) is 4.61. The number of benzene rings is 2. The van der Waals surface area contributed by atoms with Crippen molar-refractivity contribution in [2.24, 2.45) is 0 Å². The standard InChI is InChI=1S/C19H16ClNO4/c1-25-16-8-3-2-5-12(16)9-10-13(22)11-19(24)17-14(20)6-4-7-15(17)21-18(19)23/h2-10,24H,11H2,1H3,(H,21,23)/b10-9+/t19-/m0/s1. The second kappa shape index (κ2) is 6.70. The van der Waals surface area contributed by atoms with E-state index in [1.165, 1.54) is 6.08 Å². The third kappa shape index (κ3) is 3.16. The van der Waals surface area contributed by atoms with Crippen LogP contribution in [0.2, 0.25) is 5.02 Å². The maximum absolute atomic E-state index is 12.3. The molecule has 2 aromatic carbocycles. The summed E-state index contributed by atoms with van der Waals surface area (Å²) in [5, 5.41) is 13.6. The lowest BCUT2D eigenvalue weighted by atomic mass is 9.89.